The summed E-state index contributed by atoms with van der Waals surface area (Å²) in [6.45, 7) is 1.62. The normalized spacial score (nSPS) is 29.6. The van der Waals surface area contributed by atoms with Crippen LogP contribution in [0.1, 0.15) is 37.3 Å². The van der Waals surface area contributed by atoms with Gasteiger partial charge in [0.2, 0.25) is 46.4 Å². The third-order valence-corrected chi connectivity index (χ3v) is 11.3. The van der Waals surface area contributed by atoms with Crippen LogP contribution in [-0.4, -0.2) is 124 Å². The van der Waals surface area contributed by atoms with Crippen LogP contribution in [0.2, 0.25) is 0 Å². The highest BCUT2D eigenvalue weighted by Crippen LogP contribution is 2.46. The molecule has 324 valence electrons. The Labute approximate surface area is 339 Å². The SMILES string of the molecule is CO[C@H]1O[C@H](COC(=O)O[C@@H]2C[C@@H](C(=O)Oc3c(F)c(F)c(F)c(F)c3F)N(C(=O)OCC3c4ccccc4-c4ccccc43)C2)[C@@H](O)[C@@H]2O[C@@](C)(OC)[C@](C)(OC)O[C@@H]12. The van der Waals surface area contributed by atoms with Gasteiger partial charge in [0.15, 0.2) is 6.29 Å². The van der Waals surface area contributed by atoms with Crippen molar-refractivity contribution in [2.45, 2.75) is 80.6 Å². The second kappa shape index (κ2) is 16.8. The van der Waals surface area contributed by atoms with E-state index in [0.29, 0.717) is 0 Å². The second-order valence-corrected chi connectivity index (χ2v) is 14.6. The number of amides is 1. The van der Waals surface area contributed by atoms with Crippen molar-refractivity contribution in [2.24, 2.45) is 0 Å². The van der Waals surface area contributed by atoms with Gasteiger partial charge < -0.3 is 52.5 Å². The number of carbonyl (C=O) groups excluding carboxylic acids is 3. The highest BCUT2D eigenvalue weighted by Gasteiger charge is 2.62. The van der Waals surface area contributed by atoms with Crippen molar-refractivity contribution in [2.75, 3.05) is 41.1 Å². The molecule has 0 bridgehead atoms. The van der Waals surface area contributed by atoms with Crippen LogP contribution in [0.3, 0.4) is 0 Å². The zero-order chi connectivity index (χ0) is 43.3. The summed E-state index contributed by atoms with van der Waals surface area (Å²) in [6.07, 6.45) is -10.6. The first-order valence-corrected chi connectivity index (χ1v) is 18.6. The molecule has 15 nitrogen and oxygen atoms in total. The van der Waals surface area contributed by atoms with Crippen molar-refractivity contribution in [3.05, 3.63) is 88.7 Å². The molecule has 0 spiro atoms. The van der Waals surface area contributed by atoms with Gasteiger partial charge in [-0.25, -0.2) is 27.6 Å². The summed E-state index contributed by atoms with van der Waals surface area (Å²) in [5, 5.41) is 11.2. The molecule has 20 heteroatoms. The molecule has 1 aliphatic carbocycles. The first-order valence-electron chi connectivity index (χ1n) is 18.6. The lowest BCUT2D eigenvalue weighted by molar-refractivity contribution is -0.483. The van der Waals surface area contributed by atoms with Gasteiger partial charge >= 0.3 is 18.2 Å². The van der Waals surface area contributed by atoms with Crippen molar-refractivity contribution >= 4 is 18.2 Å². The molecular formula is C40H40F5NO14. The number of methoxy groups -OCH3 is 3. The van der Waals surface area contributed by atoms with Crippen molar-refractivity contribution in [3.8, 4) is 16.9 Å². The number of aliphatic hydroxyl groups excluding tert-OH is 1. The number of rotatable bonds is 10. The number of benzene rings is 3. The van der Waals surface area contributed by atoms with Gasteiger partial charge in [0.25, 0.3) is 0 Å². The van der Waals surface area contributed by atoms with Crippen molar-refractivity contribution < 1.29 is 88.8 Å². The summed E-state index contributed by atoms with van der Waals surface area (Å²) in [7, 11) is 4.02. The number of carbonyl (C=O) groups is 3. The van der Waals surface area contributed by atoms with Crippen LogP contribution < -0.4 is 4.74 Å². The van der Waals surface area contributed by atoms with E-state index >= 15 is 0 Å². The van der Waals surface area contributed by atoms with E-state index in [4.69, 9.17) is 42.6 Å². The Morgan fingerprint density at radius 2 is 1.33 bits per heavy atom. The van der Waals surface area contributed by atoms with Gasteiger partial charge in [-0.15, -0.1) is 0 Å². The average molecular weight is 854 g/mol. The summed E-state index contributed by atoms with van der Waals surface area (Å²) in [4.78, 5) is 40.9. The fourth-order valence-electron chi connectivity index (χ4n) is 7.83. The number of hydrogen-bond acceptors (Lipinski definition) is 14. The minimum atomic E-state index is -2.48. The molecule has 0 unspecified atom stereocenters. The van der Waals surface area contributed by atoms with E-state index in [2.05, 4.69) is 4.74 Å². The number of hydrogen-bond donors (Lipinski definition) is 1. The third kappa shape index (κ3) is 7.54. The minimum absolute atomic E-state index is 0.243. The van der Waals surface area contributed by atoms with E-state index in [9.17, 15) is 41.4 Å². The van der Waals surface area contributed by atoms with E-state index in [1.165, 1.54) is 28.3 Å². The maximum atomic E-state index is 14.5. The van der Waals surface area contributed by atoms with Gasteiger partial charge in [-0.3, -0.25) is 4.90 Å². The Balaban J connectivity index is 1.05. The predicted octanol–water partition coefficient (Wildman–Crippen LogP) is 5.07. The number of likely N-dealkylation sites (tertiary alicyclic amines) is 1. The van der Waals surface area contributed by atoms with E-state index in [1.54, 1.807) is 6.92 Å². The number of aliphatic hydroxyl groups is 1. The van der Waals surface area contributed by atoms with Gasteiger partial charge in [0.05, 0.1) is 6.54 Å². The quantitative estimate of drug-likeness (QED) is 0.0944. The molecule has 3 aliphatic heterocycles. The summed E-state index contributed by atoms with van der Waals surface area (Å²) in [5.74, 6) is -19.1. The van der Waals surface area contributed by atoms with Crippen LogP contribution in [0, 0.1) is 29.1 Å². The molecular weight excluding hydrogens is 813 g/mol. The minimum Gasteiger partial charge on any atom is -0.448 e. The maximum Gasteiger partial charge on any atom is 0.508 e. The summed E-state index contributed by atoms with van der Waals surface area (Å²) >= 11 is 0. The molecule has 9 atom stereocenters. The molecule has 1 amide bonds. The first kappa shape index (κ1) is 43.1. The van der Waals surface area contributed by atoms with Crippen molar-refractivity contribution in [1.82, 2.24) is 4.90 Å². The lowest BCUT2D eigenvalue weighted by Gasteiger charge is -2.56. The van der Waals surface area contributed by atoms with Crippen molar-refractivity contribution in [3.63, 3.8) is 0 Å². The molecule has 3 aromatic rings. The van der Waals surface area contributed by atoms with Gasteiger partial charge in [-0.05, 0) is 36.1 Å². The highest BCUT2D eigenvalue weighted by molar-refractivity contribution is 5.84. The van der Waals surface area contributed by atoms with Crippen LogP contribution in [0.25, 0.3) is 11.1 Å². The number of ether oxygens (including phenoxy) is 10. The maximum absolute atomic E-state index is 14.5. The molecule has 0 aromatic heterocycles. The topological polar surface area (TPSA) is 167 Å². The van der Waals surface area contributed by atoms with Crippen LogP contribution in [0.4, 0.5) is 31.5 Å². The third-order valence-electron chi connectivity index (χ3n) is 11.3. The predicted molar refractivity (Wildman–Crippen MR) is 191 cm³/mol. The number of esters is 1. The molecule has 0 saturated carbocycles. The molecule has 4 aliphatic rings. The largest absolute Gasteiger partial charge is 0.508 e. The number of nitrogens with zero attached hydrogens (tertiary/aromatic N) is 1. The molecule has 3 heterocycles. The molecule has 60 heavy (non-hydrogen) atoms. The van der Waals surface area contributed by atoms with Gasteiger partial charge in [0.1, 0.15) is 49.8 Å². The zero-order valence-corrected chi connectivity index (χ0v) is 32.7. The number of fused-ring (bicyclic) bond motifs is 4. The van der Waals surface area contributed by atoms with E-state index < -0.39 is 133 Å². The van der Waals surface area contributed by atoms with Crippen LogP contribution in [0.15, 0.2) is 48.5 Å². The van der Waals surface area contributed by atoms with Gasteiger partial charge in [-0.2, -0.15) is 8.78 Å². The average Bonchev–Trinajstić information content (AvgIpc) is 3.82. The van der Waals surface area contributed by atoms with Crippen LogP contribution >= 0.6 is 0 Å². The Kier molecular flexibility index (Phi) is 12.1. The van der Waals surface area contributed by atoms with E-state index in [0.717, 1.165) is 27.2 Å². The zero-order valence-electron chi connectivity index (χ0n) is 32.7. The van der Waals surface area contributed by atoms with Crippen LogP contribution in [-0.2, 0) is 47.4 Å². The Hall–Kier alpha value is -4.96. The van der Waals surface area contributed by atoms with Gasteiger partial charge in [-0.1, -0.05) is 48.5 Å². The monoisotopic (exact) mass is 853 g/mol. The van der Waals surface area contributed by atoms with E-state index in [1.807, 2.05) is 48.5 Å². The highest BCUT2D eigenvalue weighted by atomic mass is 19.2. The first-order chi connectivity index (χ1) is 28.6. The molecule has 3 fully saturated rings. The number of halogens is 5. The fraction of sp³-hybridized carbons (Fsp3) is 0.475. The molecule has 7 rings (SSSR count). The summed E-state index contributed by atoms with van der Waals surface area (Å²) < 4.78 is 126. The summed E-state index contributed by atoms with van der Waals surface area (Å²) in [6, 6.07) is 13.0. The summed E-state index contributed by atoms with van der Waals surface area (Å²) in [5.41, 5.74) is 3.53. The molecule has 3 aromatic carbocycles. The molecule has 3 saturated heterocycles. The van der Waals surface area contributed by atoms with Gasteiger partial charge in [0, 0.05) is 33.7 Å². The fourth-order valence-corrected chi connectivity index (χ4v) is 7.83. The van der Waals surface area contributed by atoms with Crippen LogP contribution in [0.5, 0.6) is 5.75 Å². The molecule has 0 radical (unpaired) electrons. The smallest absolute Gasteiger partial charge is 0.448 e. The standard InChI is InChI=1S/C40H40F5NO14/c1-39(52-4)40(2,53-5)60-34-33(59-39)31(47)25(57-36(34)51-3)17-55-38(50)56-18-14-24(35(48)58-32-29(44)27(42)26(41)28(43)30(32)45)46(15-18)37(49)54-16-23-21-12-8-6-10-19(21)20-11-7-9-13-22(20)23/h6-13,18,23-25,31,33-34,36,47H,14-17H2,1-5H3/t18-,24+,25-,31-,33+,34-,36+,39-,40-/m1/s1. The Bertz CT molecular complexity index is 2070. The molecule has 1 N–H and O–H groups in total. The lowest BCUT2D eigenvalue weighted by Crippen LogP contribution is -2.73. The Morgan fingerprint density at radius 1 is 0.783 bits per heavy atom. The lowest BCUT2D eigenvalue weighted by atomic mass is 9.94. The van der Waals surface area contributed by atoms with Crippen molar-refractivity contribution in [1.29, 1.82) is 0 Å². The van der Waals surface area contributed by atoms with E-state index in [-0.39, 0.29) is 6.61 Å². The second-order valence-electron chi connectivity index (χ2n) is 14.6. The Morgan fingerprint density at radius 3 is 1.90 bits per heavy atom.